The van der Waals surface area contributed by atoms with Gasteiger partial charge in [0.05, 0.1) is 0 Å². The molecule has 0 atom stereocenters. The minimum atomic E-state index is -4.78. The SMILES string of the molecule is Fc1ccc(F)c(CNc2cccc(OC(F)(F)F)c2)c1. The van der Waals surface area contributed by atoms with Gasteiger partial charge in [-0.1, -0.05) is 6.07 Å². The molecule has 0 amide bonds. The smallest absolute Gasteiger partial charge is 0.406 e. The van der Waals surface area contributed by atoms with Crippen molar-refractivity contribution < 1.29 is 26.7 Å². The third-order valence-corrected chi connectivity index (χ3v) is 2.56. The number of alkyl halides is 3. The number of anilines is 1. The average molecular weight is 303 g/mol. The zero-order valence-corrected chi connectivity index (χ0v) is 10.5. The van der Waals surface area contributed by atoms with E-state index >= 15 is 0 Å². The molecule has 0 aliphatic heterocycles. The van der Waals surface area contributed by atoms with Crippen LogP contribution in [0.1, 0.15) is 5.56 Å². The van der Waals surface area contributed by atoms with Crippen molar-refractivity contribution >= 4 is 5.69 Å². The summed E-state index contributed by atoms with van der Waals surface area (Å²) >= 11 is 0. The lowest BCUT2D eigenvalue weighted by atomic mass is 10.2. The van der Waals surface area contributed by atoms with Gasteiger partial charge in [0, 0.05) is 23.9 Å². The van der Waals surface area contributed by atoms with Gasteiger partial charge in [-0.25, -0.2) is 8.78 Å². The van der Waals surface area contributed by atoms with Crippen LogP contribution >= 0.6 is 0 Å². The summed E-state index contributed by atoms with van der Waals surface area (Å²) in [6.07, 6.45) is -4.78. The molecule has 0 saturated carbocycles. The summed E-state index contributed by atoms with van der Waals surface area (Å²) in [4.78, 5) is 0. The predicted octanol–water partition coefficient (Wildman–Crippen LogP) is 4.48. The van der Waals surface area contributed by atoms with Crippen LogP contribution in [0.5, 0.6) is 5.75 Å². The molecule has 0 unspecified atom stereocenters. The van der Waals surface area contributed by atoms with Gasteiger partial charge in [-0.3, -0.25) is 0 Å². The number of nitrogens with one attached hydrogen (secondary N) is 1. The quantitative estimate of drug-likeness (QED) is 0.841. The van der Waals surface area contributed by atoms with E-state index in [1.807, 2.05) is 0 Å². The monoisotopic (exact) mass is 303 g/mol. The highest BCUT2D eigenvalue weighted by atomic mass is 19.4. The van der Waals surface area contributed by atoms with Gasteiger partial charge in [0.2, 0.25) is 0 Å². The van der Waals surface area contributed by atoms with Gasteiger partial charge in [0.15, 0.2) is 0 Å². The second-order valence-corrected chi connectivity index (χ2v) is 4.16. The Balaban J connectivity index is 2.06. The third kappa shape index (κ3) is 4.62. The van der Waals surface area contributed by atoms with Crippen molar-refractivity contribution in [1.29, 1.82) is 0 Å². The van der Waals surface area contributed by atoms with Gasteiger partial charge in [-0.15, -0.1) is 13.2 Å². The van der Waals surface area contributed by atoms with Crippen LogP contribution in [-0.2, 0) is 6.54 Å². The maximum atomic E-state index is 13.4. The van der Waals surface area contributed by atoms with Gasteiger partial charge in [-0.05, 0) is 30.3 Å². The van der Waals surface area contributed by atoms with E-state index in [4.69, 9.17) is 0 Å². The molecule has 21 heavy (non-hydrogen) atoms. The molecule has 2 aromatic carbocycles. The minimum Gasteiger partial charge on any atom is -0.406 e. The Morgan fingerprint density at radius 3 is 2.48 bits per heavy atom. The number of halogens is 5. The molecule has 0 aliphatic carbocycles. The number of benzene rings is 2. The number of hydrogen-bond donors (Lipinski definition) is 1. The van der Waals surface area contributed by atoms with E-state index in [1.54, 1.807) is 0 Å². The van der Waals surface area contributed by atoms with Crippen molar-refractivity contribution in [2.24, 2.45) is 0 Å². The van der Waals surface area contributed by atoms with E-state index in [9.17, 15) is 22.0 Å². The first kappa shape index (κ1) is 15.1. The minimum absolute atomic E-state index is 0.0668. The molecule has 7 heteroatoms. The van der Waals surface area contributed by atoms with Gasteiger partial charge < -0.3 is 10.1 Å². The first-order chi connectivity index (χ1) is 9.83. The molecule has 1 N–H and O–H groups in total. The highest BCUT2D eigenvalue weighted by Gasteiger charge is 2.31. The van der Waals surface area contributed by atoms with E-state index in [2.05, 4.69) is 10.1 Å². The molecule has 112 valence electrons. The zero-order chi connectivity index (χ0) is 15.5. The molecule has 0 aliphatic rings. The van der Waals surface area contributed by atoms with Crippen LogP contribution in [0.2, 0.25) is 0 Å². The molecular weight excluding hydrogens is 293 g/mol. The zero-order valence-electron chi connectivity index (χ0n) is 10.5. The Morgan fingerprint density at radius 1 is 1.00 bits per heavy atom. The van der Waals surface area contributed by atoms with E-state index in [-0.39, 0.29) is 12.1 Å². The van der Waals surface area contributed by atoms with Crippen LogP contribution in [0.3, 0.4) is 0 Å². The van der Waals surface area contributed by atoms with Crippen molar-refractivity contribution in [1.82, 2.24) is 0 Å². The number of rotatable bonds is 4. The van der Waals surface area contributed by atoms with Gasteiger partial charge in [0.1, 0.15) is 17.4 Å². The molecule has 0 radical (unpaired) electrons. The Morgan fingerprint density at radius 2 is 1.76 bits per heavy atom. The highest BCUT2D eigenvalue weighted by Crippen LogP contribution is 2.25. The van der Waals surface area contributed by atoms with Crippen LogP contribution < -0.4 is 10.1 Å². The van der Waals surface area contributed by atoms with Crippen LogP contribution in [0.4, 0.5) is 27.6 Å². The van der Waals surface area contributed by atoms with Crippen molar-refractivity contribution in [3.8, 4) is 5.75 Å². The van der Waals surface area contributed by atoms with Gasteiger partial charge in [0.25, 0.3) is 0 Å². The molecule has 0 aromatic heterocycles. The molecule has 0 heterocycles. The summed E-state index contributed by atoms with van der Waals surface area (Å²) in [5, 5.41) is 2.70. The topological polar surface area (TPSA) is 21.3 Å². The van der Waals surface area contributed by atoms with Gasteiger partial charge >= 0.3 is 6.36 Å². The first-order valence-corrected chi connectivity index (χ1v) is 5.87. The summed E-state index contributed by atoms with van der Waals surface area (Å²) in [6, 6.07) is 8.07. The maximum Gasteiger partial charge on any atom is 0.573 e. The second-order valence-electron chi connectivity index (χ2n) is 4.16. The molecule has 2 nitrogen and oxygen atoms in total. The fourth-order valence-electron chi connectivity index (χ4n) is 1.68. The van der Waals surface area contributed by atoms with Crippen LogP contribution in [0.15, 0.2) is 42.5 Å². The highest BCUT2D eigenvalue weighted by molar-refractivity contribution is 5.48. The fraction of sp³-hybridized carbons (Fsp3) is 0.143. The average Bonchev–Trinajstić information content (AvgIpc) is 2.38. The van der Waals surface area contributed by atoms with Crippen molar-refractivity contribution in [3.63, 3.8) is 0 Å². The Bertz CT molecular complexity index is 627. The molecule has 2 aromatic rings. The van der Waals surface area contributed by atoms with Crippen LogP contribution in [0, 0.1) is 11.6 Å². The van der Waals surface area contributed by atoms with Crippen molar-refractivity contribution in [2.75, 3.05) is 5.32 Å². The van der Waals surface area contributed by atoms with Crippen LogP contribution in [-0.4, -0.2) is 6.36 Å². The number of hydrogen-bond acceptors (Lipinski definition) is 2. The number of ether oxygens (including phenoxy) is 1. The predicted molar refractivity (Wildman–Crippen MR) is 66.8 cm³/mol. The van der Waals surface area contributed by atoms with Gasteiger partial charge in [-0.2, -0.15) is 0 Å². The maximum absolute atomic E-state index is 13.4. The molecule has 0 saturated heterocycles. The first-order valence-electron chi connectivity index (χ1n) is 5.87. The molecule has 0 fully saturated rings. The summed E-state index contributed by atoms with van der Waals surface area (Å²) in [5.41, 5.74) is 0.359. The van der Waals surface area contributed by atoms with Crippen LogP contribution in [0.25, 0.3) is 0 Å². The summed E-state index contributed by atoms with van der Waals surface area (Å²) < 4.78 is 66.4. The van der Waals surface area contributed by atoms with Crippen molar-refractivity contribution in [3.05, 3.63) is 59.7 Å². The summed E-state index contributed by atoms with van der Waals surface area (Å²) in [5.74, 6) is -1.60. The van der Waals surface area contributed by atoms with E-state index < -0.39 is 23.7 Å². The lowest BCUT2D eigenvalue weighted by molar-refractivity contribution is -0.274. The lowest BCUT2D eigenvalue weighted by Gasteiger charge is -2.11. The molecule has 2 rings (SSSR count). The molecule has 0 spiro atoms. The molecular formula is C14H10F5NO. The summed E-state index contributed by atoms with van der Waals surface area (Å²) in [7, 11) is 0. The van der Waals surface area contributed by atoms with E-state index in [0.29, 0.717) is 5.69 Å². The Hall–Kier alpha value is -2.31. The molecule has 0 bridgehead atoms. The van der Waals surface area contributed by atoms with Crippen molar-refractivity contribution in [2.45, 2.75) is 12.9 Å². The lowest BCUT2D eigenvalue weighted by Crippen LogP contribution is -2.17. The Kier molecular flexibility index (Phi) is 4.30. The van der Waals surface area contributed by atoms with E-state index in [0.717, 1.165) is 30.3 Å². The largest absolute Gasteiger partial charge is 0.573 e. The normalized spacial score (nSPS) is 11.3. The fourth-order valence-corrected chi connectivity index (χ4v) is 1.68. The summed E-state index contributed by atoms with van der Waals surface area (Å²) in [6.45, 7) is -0.0704. The Labute approximate surface area is 117 Å². The second kappa shape index (κ2) is 5.99. The standard InChI is InChI=1S/C14H10F5NO/c15-10-4-5-13(16)9(6-10)8-20-11-2-1-3-12(7-11)21-14(17,18)19/h1-7,20H,8H2. The third-order valence-electron chi connectivity index (χ3n) is 2.56. The van der Waals surface area contributed by atoms with E-state index in [1.165, 1.54) is 12.1 Å².